The number of nitrogens with zero attached hydrogens (tertiary/aromatic N) is 2. The predicted octanol–water partition coefficient (Wildman–Crippen LogP) is 4.38. The van der Waals surface area contributed by atoms with E-state index in [0.29, 0.717) is 0 Å². The Morgan fingerprint density at radius 3 is 2.80 bits per heavy atom. The maximum atomic E-state index is 4.52. The van der Waals surface area contributed by atoms with Gasteiger partial charge in [-0.25, -0.2) is 0 Å². The fourth-order valence-electron chi connectivity index (χ4n) is 2.53. The maximum Gasteiger partial charge on any atom is 0.102 e. The molecule has 0 amide bonds. The molecule has 0 atom stereocenters. The van der Waals surface area contributed by atoms with Gasteiger partial charge in [-0.2, -0.15) is 5.10 Å². The zero-order chi connectivity index (χ0) is 13.5. The van der Waals surface area contributed by atoms with E-state index < -0.39 is 0 Å². The lowest BCUT2D eigenvalue weighted by atomic mass is 10.0. The lowest BCUT2D eigenvalue weighted by Crippen LogP contribution is -1.85. The fourth-order valence-corrected chi connectivity index (χ4v) is 3.28. The minimum atomic E-state index is 0.989. The standard InChI is InChI=1S/C16H10IN3/c17-12-5-3-7-14-15(12)16(20-19-14)11-8-9-18-13-6-2-1-4-10(11)13/h1-9H,(H,19,20). The third-order valence-electron chi connectivity index (χ3n) is 3.44. The lowest BCUT2D eigenvalue weighted by Gasteiger charge is -2.04. The summed E-state index contributed by atoms with van der Waals surface area (Å²) in [5.74, 6) is 0. The normalized spacial score (nSPS) is 11.2. The monoisotopic (exact) mass is 371 g/mol. The van der Waals surface area contributed by atoms with E-state index in [1.807, 2.05) is 36.5 Å². The van der Waals surface area contributed by atoms with E-state index in [0.717, 1.165) is 27.7 Å². The van der Waals surface area contributed by atoms with Gasteiger partial charge in [-0.1, -0.05) is 24.3 Å². The Labute approximate surface area is 129 Å². The Hall–Kier alpha value is -1.95. The van der Waals surface area contributed by atoms with Crippen LogP contribution in [0.25, 0.3) is 33.1 Å². The van der Waals surface area contributed by atoms with Crippen molar-refractivity contribution in [3.05, 3.63) is 58.3 Å². The summed E-state index contributed by atoms with van der Waals surface area (Å²) in [5.41, 5.74) is 4.16. The van der Waals surface area contributed by atoms with Crippen LogP contribution in [-0.4, -0.2) is 15.2 Å². The number of aromatic amines is 1. The van der Waals surface area contributed by atoms with Gasteiger partial charge in [-0.05, 0) is 46.9 Å². The zero-order valence-electron chi connectivity index (χ0n) is 10.5. The molecule has 4 rings (SSSR count). The second-order valence-electron chi connectivity index (χ2n) is 4.61. The quantitative estimate of drug-likeness (QED) is 0.505. The van der Waals surface area contributed by atoms with Gasteiger partial charge >= 0.3 is 0 Å². The number of rotatable bonds is 1. The van der Waals surface area contributed by atoms with Crippen LogP contribution in [0.2, 0.25) is 0 Å². The molecule has 0 unspecified atom stereocenters. The Morgan fingerprint density at radius 2 is 1.85 bits per heavy atom. The van der Waals surface area contributed by atoms with E-state index in [1.54, 1.807) is 0 Å². The summed E-state index contributed by atoms with van der Waals surface area (Å²) in [7, 11) is 0. The van der Waals surface area contributed by atoms with Crippen LogP contribution in [0.3, 0.4) is 0 Å². The predicted molar refractivity (Wildman–Crippen MR) is 89.5 cm³/mol. The summed E-state index contributed by atoms with van der Waals surface area (Å²) < 4.78 is 1.20. The Balaban J connectivity index is 2.12. The SMILES string of the molecule is Ic1cccc2[nH]nc(-c3ccnc4ccccc34)c12. The summed E-state index contributed by atoms with van der Waals surface area (Å²) in [6, 6.07) is 16.4. The summed E-state index contributed by atoms with van der Waals surface area (Å²) in [4.78, 5) is 4.41. The minimum absolute atomic E-state index is 0.989. The molecule has 4 heteroatoms. The van der Waals surface area contributed by atoms with Gasteiger partial charge in [0.15, 0.2) is 0 Å². The number of nitrogens with one attached hydrogen (secondary N) is 1. The third kappa shape index (κ3) is 1.71. The van der Waals surface area contributed by atoms with Gasteiger partial charge in [-0.15, -0.1) is 0 Å². The lowest BCUT2D eigenvalue weighted by molar-refractivity contribution is 1.12. The van der Waals surface area contributed by atoms with Gasteiger partial charge in [0.1, 0.15) is 5.69 Å². The van der Waals surface area contributed by atoms with E-state index in [1.165, 1.54) is 8.96 Å². The van der Waals surface area contributed by atoms with Crippen molar-refractivity contribution in [3.8, 4) is 11.3 Å². The number of pyridine rings is 1. The topological polar surface area (TPSA) is 41.6 Å². The van der Waals surface area contributed by atoms with E-state index in [-0.39, 0.29) is 0 Å². The van der Waals surface area contributed by atoms with Crippen molar-refractivity contribution in [3.63, 3.8) is 0 Å². The smallest absolute Gasteiger partial charge is 0.102 e. The molecular weight excluding hydrogens is 361 g/mol. The molecule has 0 aliphatic carbocycles. The molecule has 0 fully saturated rings. The van der Waals surface area contributed by atoms with E-state index in [2.05, 4.69) is 56.0 Å². The summed E-state index contributed by atoms with van der Waals surface area (Å²) in [6.07, 6.45) is 1.84. The van der Waals surface area contributed by atoms with Gasteiger partial charge in [-0.3, -0.25) is 10.1 Å². The number of benzene rings is 2. The molecule has 2 aromatic carbocycles. The minimum Gasteiger partial charge on any atom is -0.277 e. The van der Waals surface area contributed by atoms with E-state index in [4.69, 9.17) is 0 Å². The van der Waals surface area contributed by atoms with Crippen molar-refractivity contribution < 1.29 is 0 Å². The first kappa shape index (κ1) is 11.8. The molecule has 96 valence electrons. The number of H-pyrrole nitrogens is 1. The Kier molecular flexibility index (Phi) is 2.70. The third-order valence-corrected chi connectivity index (χ3v) is 4.34. The number of para-hydroxylation sites is 1. The molecule has 0 aliphatic rings. The van der Waals surface area contributed by atoms with Crippen molar-refractivity contribution in [2.75, 3.05) is 0 Å². The van der Waals surface area contributed by atoms with Crippen molar-refractivity contribution in [1.82, 2.24) is 15.2 Å². The molecule has 0 saturated carbocycles. The van der Waals surface area contributed by atoms with Gasteiger partial charge in [0.25, 0.3) is 0 Å². The molecule has 3 nitrogen and oxygen atoms in total. The second-order valence-corrected chi connectivity index (χ2v) is 5.77. The van der Waals surface area contributed by atoms with Crippen LogP contribution in [-0.2, 0) is 0 Å². The summed E-state index contributed by atoms with van der Waals surface area (Å²) >= 11 is 2.36. The molecule has 0 radical (unpaired) electrons. The van der Waals surface area contributed by atoms with Crippen LogP contribution in [0.4, 0.5) is 0 Å². The Bertz CT molecular complexity index is 922. The first-order valence-electron chi connectivity index (χ1n) is 6.31. The highest BCUT2D eigenvalue weighted by atomic mass is 127. The van der Waals surface area contributed by atoms with Crippen LogP contribution in [0.15, 0.2) is 54.7 Å². The van der Waals surface area contributed by atoms with Gasteiger partial charge in [0, 0.05) is 26.1 Å². The van der Waals surface area contributed by atoms with Crippen LogP contribution < -0.4 is 0 Å². The van der Waals surface area contributed by atoms with Crippen molar-refractivity contribution in [1.29, 1.82) is 0 Å². The zero-order valence-corrected chi connectivity index (χ0v) is 12.6. The highest BCUT2D eigenvalue weighted by Crippen LogP contribution is 2.33. The molecule has 0 aliphatic heterocycles. The molecule has 2 heterocycles. The van der Waals surface area contributed by atoms with Crippen LogP contribution in [0, 0.1) is 3.57 Å². The molecule has 2 aromatic heterocycles. The molecule has 0 saturated heterocycles. The number of halogens is 1. The molecule has 4 aromatic rings. The fraction of sp³-hybridized carbons (Fsp3) is 0. The molecule has 20 heavy (non-hydrogen) atoms. The van der Waals surface area contributed by atoms with Crippen LogP contribution >= 0.6 is 22.6 Å². The van der Waals surface area contributed by atoms with E-state index in [9.17, 15) is 0 Å². The first-order chi connectivity index (χ1) is 9.84. The largest absolute Gasteiger partial charge is 0.277 e. The van der Waals surface area contributed by atoms with Crippen molar-refractivity contribution >= 4 is 44.4 Å². The average Bonchev–Trinajstić information content (AvgIpc) is 2.92. The van der Waals surface area contributed by atoms with Gasteiger partial charge in [0.05, 0.1) is 11.0 Å². The number of fused-ring (bicyclic) bond motifs is 2. The van der Waals surface area contributed by atoms with Crippen LogP contribution in [0.1, 0.15) is 0 Å². The highest BCUT2D eigenvalue weighted by Gasteiger charge is 2.13. The molecule has 0 bridgehead atoms. The summed E-state index contributed by atoms with van der Waals surface area (Å²) in [5, 5.41) is 9.93. The number of hydrogen-bond donors (Lipinski definition) is 1. The molecule has 1 N–H and O–H groups in total. The Morgan fingerprint density at radius 1 is 0.950 bits per heavy atom. The highest BCUT2D eigenvalue weighted by molar-refractivity contribution is 14.1. The average molecular weight is 371 g/mol. The molecular formula is C16H10IN3. The van der Waals surface area contributed by atoms with Crippen molar-refractivity contribution in [2.24, 2.45) is 0 Å². The second kappa shape index (κ2) is 4.56. The van der Waals surface area contributed by atoms with Gasteiger partial charge in [0.2, 0.25) is 0 Å². The summed E-state index contributed by atoms with van der Waals surface area (Å²) in [6.45, 7) is 0. The van der Waals surface area contributed by atoms with Crippen molar-refractivity contribution in [2.45, 2.75) is 0 Å². The number of hydrogen-bond acceptors (Lipinski definition) is 2. The van der Waals surface area contributed by atoms with Crippen LogP contribution in [0.5, 0.6) is 0 Å². The van der Waals surface area contributed by atoms with E-state index >= 15 is 0 Å². The maximum absolute atomic E-state index is 4.52. The first-order valence-corrected chi connectivity index (χ1v) is 7.39. The number of aromatic nitrogens is 3. The molecule has 0 spiro atoms. The van der Waals surface area contributed by atoms with Gasteiger partial charge < -0.3 is 0 Å².